The fraction of sp³-hybridized carbons (Fsp3) is 0.200. The topological polar surface area (TPSA) is 71.3 Å². The van der Waals surface area contributed by atoms with Gasteiger partial charge in [0.25, 0.3) is 0 Å². The number of hydrogen-bond donors (Lipinski definition) is 2. The molecule has 2 aromatic rings. The van der Waals surface area contributed by atoms with Crippen LogP contribution in [0.25, 0.3) is 0 Å². The van der Waals surface area contributed by atoms with Gasteiger partial charge in [-0.25, -0.2) is 0 Å². The van der Waals surface area contributed by atoms with E-state index in [0.29, 0.717) is 17.9 Å². The number of nitrogens with one attached hydrogen (secondary N) is 2. The molecular weight excluding hydrogens is 313 g/mol. The molecule has 1 aromatic carbocycles. The van der Waals surface area contributed by atoms with Crippen molar-refractivity contribution >= 4 is 23.2 Å². The predicted molar refractivity (Wildman–Crippen MR) is 76.8 cm³/mol. The molecule has 2 rings (SSSR count). The van der Waals surface area contributed by atoms with Gasteiger partial charge in [-0.15, -0.1) is 0 Å². The summed E-state index contributed by atoms with van der Waals surface area (Å²) in [6, 6.07) is 8.82. The molecule has 5 nitrogen and oxygen atoms in total. The van der Waals surface area contributed by atoms with Gasteiger partial charge in [-0.2, -0.15) is 13.2 Å². The molecule has 0 aliphatic rings. The van der Waals surface area contributed by atoms with Crippen LogP contribution in [0, 0.1) is 0 Å². The number of amides is 2. The quantitative estimate of drug-likeness (QED) is 0.885. The molecule has 122 valence electrons. The third-order valence-corrected chi connectivity index (χ3v) is 2.86. The predicted octanol–water partition coefficient (Wildman–Crippen LogP) is 3.35. The Morgan fingerprint density at radius 3 is 2.13 bits per heavy atom. The van der Waals surface area contributed by atoms with E-state index >= 15 is 0 Å². The summed E-state index contributed by atoms with van der Waals surface area (Å²) in [5, 5.41) is 4.32. The minimum absolute atomic E-state index is 0.0130. The van der Waals surface area contributed by atoms with E-state index in [9.17, 15) is 22.8 Å². The first-order valence-corrected chi connectivity index (χ1v) is 6.65. The molecule has 23 heavy (non-hydrogen) atoms. The van der Waals surface area contributed by atoms with Crippen LogP contribution in [0.4, 0.5) is 24.5 Å². The van der Waals surface area contributed by atoms with Crippen molar-refractivity contribution in [1.29, 1.82) is 0 Å². The van der Waals surface area contributed by atoms with Gasteiger partial charge in [0, 0.05) is 24.2 Å². The molecule has 0 spiro atoms. The molecule has 2 N–H and O–H groups in total. The van der Waals surface area contributed by atoms with E-state index in [1.807, 2.05) is 0 Å². The zero-order valence-electron chi connectivity index (χ0n) is 11.8. The van der Waals surface area contributed by atoms with E-state index in [1.165, 1.54) is 30.5 Å². The van der Waals surface area contributed by atoms with Gasteiger partial charge in [-0.05, 0) is 36.4 Å². The monoisotopic (exact) mass is 326 g/mol. The summed E-state index contributed by atoms with van der Waals surface area (Å²) >= 11 is 0. The summed E-state index contributed by atoms with van der Waals surface area (Å²) in [4.78, 5) is 22.5. The first-order chi connectivity index (χ1) is 10.8. The van der Waals surface area contributed by atoms with E-state index in [2.05, 4.69) is 5.32 Å². The number of carbonyl (C=O) groups is 2. The lowest BCUT2D eigenvalue weighted by atomic mass is 10.2. The lowest BCUT2D eigenvalue weighted by molar-refractivity contribution is -0.167. The summed E-state index contributed by atoms with van der Waals surface area (Å²) in [6.45, 7) is 0. The molecule has 0 aliphatic heterocycles. The summed E-state index contributed by atoms with van der Waals surface area (Å²) < 4.78 is 41.4. The Hall–Kier alpha value is -2.77. The Labute approximate surface area is 129 Å². The summed E-state index contributed by atoms with van der Waals surface area (Å²) in [5.41, 5.74) is 0.403. The van der Waals surface area contributed by atoms with Crippen LogP contribution < -0.4 is 10.6 Å². The van der Waals surface area contributed by atoms with Gasteiger partial charge in [-0.3, -0.25) is 9.59 Å². The molecule has 0 saturated heterocycles. The molecule has 8 heteroatoms. The Morgan fingerprint density at radius 1 is 1.00 bits per heavy atom. The van der Waals surface area contributed by atoms with Gasteiger partial charge < -0.3 is 15.1 Å². The minimum Gasteiger partial charge on any atom is -0.469 e. The third kappa shape index (κ3) is 5.17. The lowest BCUT2D eigenvalue weighted by Crippen LogP contribution is -2.29. The number of furan rings is 1. The number of aryl methyl sites for hydroxylation is 1. The van der Waals surface area contributed by atoms with Crippen LogP contribution in [-0.2, 0) is 16.0 Å². The van der Waals surface area contributed by atoms with E-state index < -0.39 is 12.1 Å². The normalized spacial score (nSPS) is 11.1. The Kier molecular flexibility index (Phi) is 5.05. The van der Waals surface area contributed by atoms with Crippen LogP contribution in [0.2, 0.25) is 0 Å². The van der Waals surface area contributed by atoms with E-state index in [1.54, 1.807) is 17.4 Å². The number of rotatable bonds is 5. The highest BCUT2D eigenvalue weighted by Crippen LogP contribution is 2.19. The molecule has 0 saturated carbocycles. The molecule has 1 heterocycles. The average molecular weight is 326 g/mol. The van der Waals surface area contributed by atoms with Crippen LogP contribution >= 0.6 is 0 Å². The molecular formula is C15H13F3N2O3. The summed E-state index contributed by atoms with van der Waals surface area (Å²) in [5.74, 6) is -1.62. The van der Waals surface area contributed by atoms with Crippen LogP contribution in [-0.4, -0.2) is 18.0 Å². The Morgan fingerprint density at radius 2 is 1.61 bits per heavy atom. The van der Waals surface area contributed by atoms with Gasteiger partial charge >= 0.3 is 12.1 Å². The van der Waals surface area contributed by atoms with Crippen molar-refractivity contribution in [2.24, 2.45) is 0 Å². The van der Waals surface area contributed by atoms with Crippen LogP contribution in [0.1, 0.15) is 12.2 Å². The maximum atomic E-state index is 12.1. The van der Waals surface area contributed by atoms with E-state index in [4.69, 9.17) is 4.42 Å². The standard InChI is InChI=1S/C15H13F3N2O3/c16-15(17,18)14(22)20-11-5-3-10(4-6-11)19-13(21)8-7-12-2-1-9-23-12/h1-6,9H,7-8H2,(H,19,21)(H,20,22). The molecule has 0 unspecified atom stereocenters. The summed E-state index contributed by atoms with van der Waals surface area (Å²) in [6.07, 6.45) is -2.78. The molecule has 1 aromatic heterocycles. The third-order valence-electron chi connectivity index (χ3n) is 2.86. The van der Waals surface area contributed by atoms with Gasteiger partial charge in [0.1, 0.15) is 5.76 Å². The molecule has 0 atom stereocenters. The van der Waals surface area contributed by atoms with Crippen molar-refractivity contribution in [1.82, 2.24) is 0 Å². The van der Waals surface area contributed by atoms with E-state index in [0.717, 1.165) is 0 Å². The molecule has 0 bridgehead atoms. The highest BCUT2D eigenvalue weighted by Gasteiger charge is 2.38. The number of anilines is 2. The molecule has 0 radical (unpaired) electrons. The van der Waals surface area contributed by atoms with Crippen molar-refractivity contribution in [2.75, 3.05) is 10.6 Å². The van der Waals surface area contributed by atoms with Crippen molar-refractivity contribution in [3.63, 3.8) is 0 Å². The first-order valence-electron chi connectivity index (χ1n) is 6.65. The molecule has 0 fully saturated rings. The van der Waals surface area contributed by atoms with Crippen LogP contribution in [0.5, 0.6) is 0 Å². The maximum absolute atomic E-state index is 12.1. The fourth-order valence-corrected chi connectivity index (χ4v) is 1.75. The zero-order chi connectivity index (χ0) is 16.9. The van der Waals surface area contributed by atoms with Crippen molar-refractivity contribution < 1.29 is 27.2 Å². The SMILES string of the molecule is O=C(CCc1ccco1)Nc1ccc(NC(=O)C(F)(F)F)cc1. The second-order valence-corrected chi connectivity index (χ2v) is 4.66. The fourth-order valence-electron chi connectivity index (χ4n) is 1.75. The minimum atomic E-state index is -4.95. The average Bonchev–Trinajstić information content (AvgIpc) is 2.99. The van der Waals surface area contributed by atoms with Crippen molar-refractivity contribution in [2.45, 2.75) is 19.0 Å². The Balaban J connectivity index is 1.84. The zero-order valence-corrected chi connectivity index (χ0v) is 11.8. The van der Waals surface area contributed by atoms with Crippen molar-refractivity contribution in [3.8, 4) is 0 Å². The number of halogens is 3. The second kappa shape index (κ2) is 6.99. The largest absolute Gasteiger partial charge is 0.471 e. The summed E-state index contributed by atoms with van der Waals surface area (Å²) in [7, 11) is 0. The number of alkyl halides is 3. The number of hydrogen-bond acceptors (Lipinski definition) is 3. The highest BCUT2D eigenvalue weighted by atomic mass is 19.4. The molecule has 2 amide bonds. The van der Waals surface area contributed by atoms with Gasteiger partial charge in [0.2, 0.25) is 5.91 Å². The van der Waals surface area contributed by atoms with Crippen LogP contribution in [0.3, 0.4) is 0 Å². The van der Waals surface area contributed by atoms with E-state index in [-0.39, 0.29) is 18.0 Å². The Bertz CT molecular complexity index is 664. The van der Waals surface area contributed by atoms with Gasteiger partial charge in [-0.1, -0.05) is 0 Å². The smallest absolute Gasteiger partial charge is 0.469 e. The van der Waals surface area contributed by atoms with Crippen molar-refractivity contribution in [3.05, 3.63) is 48.4 Å². The van der Waals surface area contributed by atoms with Crippen LogP contribution in [0.15, 0.2) is 47.1 Å². The lowest BCUT2D eigenvalue weighted by Gasteiger charge is -2.09. The number of carbonyl (C=O) groups excluding carboxylic acids is 2. The first kappa shape index (κ1) is 16.6. The van der Waals surface area contributed by atoms with Gasteiger partial charge in [0.05, 0.1) is 6.26 Å². The van der Waals surface area contributed by atoms with Gasteiger partial charge in [0.15, 0.2) is 0 Å². The molecule has 0 aliphatic carbocycles. The number of benzene rings is 1. The second-order valence-electron chi connectivity index (χ2n) is 4.66. The highest BCUT2D eigenvalue weighted by molar-refractivity contribution is 5.95. The maximum Gasteiger partial charge on any atom is 0.471 e.